The lowest BCUT2D eigenvalue weighted by atomic mass is 10.00. The molecule has 214 valence electrons. The number of pyridine rings is 1. The topological polar surface area (TPSA) is 171 Å². The fourth-order valence-corrected chi connectivity index (χ4v) is 4.48. The maximum atomic E-state index is 13.0. The number of carbonyl (C=O) groups is 3. The van der Waals surface area contributed by atoms with Crippen molar-refractivity contribution in [2.24, 2.45) is 0 Å². The van der Waals surface area contributed by atoms with Gasteiger partial charge in [-0.2, -0.15) is 5.26 Å². The van der Waals surface area contributed by atoms with Crippen LogP contribution in [-0.4, -0.2) is 52.3 Å². The molecule has 0 spiro atoms. The predicted molar refractivity (Wildman–Crippen MR) is 152 cm³/mol. The van der Waals surface area contributed by atoms with Crippen LogP contribution < -0.4 is 20.9 Å². The molecular formula is C29H29ClN4O7. The molecule has 1 fully saturated rings. The van der Waals surface area contributed by atoms with Crippen LogP contribution in [0.3, 0.4) is 0 Å². The maximum Gasteiger partial charge on any atom is 0.335 e. The molecule has 1 saturated heterocycles. The molecule has 41 heavy (non-hydrogen) atoms. The Balaban J connectivity index is 0.000000496. The number of nitrogens with zero attached hydrogens (tertiary/aromatic N) is 2. The van der Waals surface area contributed by atoms with E-state index in [1.54, 1.807) is 25.1 Å². The van der Waals surface area contributed by atoms with Gasteiger partial charge >= 0.3 is 11.9 Å². The highest BCUT2D eigenvalue weighted by Gasteiger charge is 2.23. The van der Waals surface area contributed by atoms with Gasteiger partial charge in [0, 0.05) is 27.9 Å². The molecular weight excluding hydrogens is 552 g/mol. The largest absolute Gasteiger partial charge is 0.495 e. The Kier molecular flexibility index (Phi) is 10.6. The molecule has 1 unspecified atom stereocenters. The molecule has 0 radical (unpaired) electrons. The summed E-state index contributed by atoms with van der Waals surface area (Å²) in [7, 11) is 1.43. The number of nitrogens with one attached hydrogen (secondary N) is 2. The van der Waals surface area contributed by atoms with Crippen LogP contribution in [-0.2, 0) is 9.59 Å². The summed E-state index contributed by atoms with van der Waals surface area (Å²) >= 11 is 6.09. The van der Waals surface area contributed by atoms with Crippen LogP contribution in [0.5, 0.6) is 5.75 Å². The van der Waals surface area contributed by atoms with E-state index in [0.717, 1.165) is 19.4 Å². The SMILES string of the molecule is CCC(C(=O)Nc1ccc(C(=O)O)cc1)n1cc(OC)c(-c2cc(Cl)ccc2C#N)cc1=O.O=C(O)[C@H]1CCCN1. The molecule has 11 nitrogen and oxygen atoms in total. The zero-order chi connectivity index (χ0) is 30.1. The van der Waals surface area contributed by atoms with Gasteiger partial charge in [-0.15, -0.1) is 0 Å². The van der Waals surface area contributed by atoms with Crippen molar-refractivity contribution in [3.05, 3.63) is 81.2 Å². The molecule has 2 aromatic carbocycles. The van der Waals surface area contributed by atoms with E-state index in [0.29, 0.717) is 39.6 Å². The van der Waals surface area contributed by atoms with E-state index in [4.69, 9.17) is 26.6 Å². The van der Waals surface area contributed by atoms with Gasteiger partial charge in [0.1, 0.15) is 17.8 Å². The highest BCUT2D eigenvalue weighted by Crippen LogP contribution is 2.33. The second kappa shape index (κ2) is 14.1. The Morgan fingerprint density at radius 2 is 1.88 bits per heavy atom. The maximum absolute atomic E-state index is 13.0. The Morgan fingerprint density at radius 3 is 2.39 bits per heavy atom. The zero-order valence-corrected chi connectivity index (χ0v) is 23.1. The molecule has 1 amide bonds. The number of carboxylic acids is 2. The molecule has 3 aromatic rings. The third-order valence-corrected chi connectivity index (χ3v) is 6.67. The lowest BCUT2D eigenvalue weighted by Crippen LogP contribution is -2.32. The van der Waals surface area contributed by atoms with Crippen LogP contribution in [0.1, 0.15) is 48.1 Å². The van der Waals surface area contributed by atoms with Crippen LogP contribution in [0.15, 0.2) is 59.5 Å². The summed E-state index contributed by atoms with van der Waals surface area (Å²) in [5, 5.41) is 32.8. The highest BCUT2D eigenvalue weighted by atomic mass is 35.5. The Hall–Kier alpha value is -4.66. The average Bonchev–Trinajstić information content (AvgIpc) is 3.50. The van der Waals surface area contributed by atoms with E-state index >= 15 is 0 Å². The molecule has 1 aliphatic rings. The number of amides is 1. The number of benzene rings is 2. The number of aromatic carboxylic acids is 1. The first-order valence-electron chi connectivity index (χ1n) is 12.7. The lowest BCUT2D eigenvalue weighted by Gasteiger charge is -2.20. The van der Waals surface area contributed by atoms with Crippen molar-refractivity contribution in [2.75, 3.05) is 19.0 Å². The number of halogens is 1. The molecule has 0 aliphatic carbocycles. The number of carboxylic acid groups (broad SMARTS) is 2. The van der Waals surface area contributed by atoms with Gasteiger partial charge in [0.2, 0.25) is 5.91 Å². The summed E-state index contributed by atoms with van der Waals surface area (Å²) in [5.41, 5.74) is 1.19. The van der Waals surface area contributed by atoms with Crippen molar-refractivity contribution in [3.8, 4) is 22.9 Å². The first-order valence-corrected chi connectivity index (χ1v) is 13.1. The van der Waals surface area contributed by atoms with Crippen LogP contribution in [0, 0.1) is 11.3 Å². The fraction of sp³-hybridized carbons (Fsp3) is 0.276. The quantitative estimate of drug-likeness (QED) is 0.305. The number of aromatic nitrogens is 1. The van der Waals surface area contributed by atoms with Gasteiger partial charge < -0.3 is 25.6 Å². The van der Waals surface area contributed by atoms with Gasteiger partial charge in [0.25, 0.3) is 5.56 Å². The zero-order valence-electron chi connectivity index (χ0n) is 22.4. The third kappa shape index (κ3) is 7.72. The van der Waals surface area contributed by atoms with Crippen LogP contribution in [0.25, 0.3) is 11.1 Å². The first-order chi connectivity index (χ1) is 19.6. The van der Waals surface area contributed by atoms with Crippen molar-refractivity contribution < 1.29 is 29.3 Å². The van der Waals surface area contributed by atoms with E-state index in [2.05, 4.69) is 16.7 Å². The van der Waals surface area contributed by atoms with Crippen molar-refractivity contribution in [2.45, 2.75) is 38.3 Å². The molecule has 1 aromatic heterocycles. The Morgan fingerprint density at radius 1 is 1.17 bits per heavy atom. The van der Waals surface area contributed by atoms with Crippen molar-refractivity contribution in [3.63, 3.8) is 0 Å². The molecule has 0 saturated carbocycles. The minimum absolute atomic E-state index is 0.0920. The number of methoxy groups -OCH3 is 1. The highest BCUT2D eigenvalue weighted by molar-refractivity contribution is 6.31. The number of aliphatic carboxylic acids is 1. The summed E-state index contributed by atoms with van der Waals surface area (Å²) in [6.07, 6.45) is 3.52. The summed E-state index contributed by atoms with van der Waals surface area (Å²) in [6.45, 7) is 2.62. The Labute approximate surface area is 240 Å². The molecule has 4 N–H and O–H groups in total. The van der Waals surface area contributed by atoms with Gasteiger partial charge in [-0.05, 0) is 68.3 Å². The van der Waals surface area contributed by atoms with Gasteiger partial charge in [0.05, 0.1) is 30.5 Å². The smallest absolute Gasteiger partial charge is 0.335 e. The van der Waals surface area contributed by atoms with Crippen molar-refractivity contribution in [1.29, 1.82) is 5.26 Å². The predicted octanol–water partition coefficient (Wildman–Crippen LogP) is 4.16. The normalized spacial score (nSPS) is 14.6. The van der Waals surface area contributed by atoms with Gasteiger partial charge in [0.15, 0.2) is 0 Å². The van der Waals surface area contributed by atoms with Crippen LogP contribution in [0.2, 0.25) is 5.02 Å². The number of rotatable bonds is 8. The van der Waals surface area contributed by atoms with Crippen LogP contribution >= 0.6 is 11.6 Å². The number of anilines is 1. The summed E-state index contributed by atoms with van der Waals surface area (Å²) in [5.74, 6) is -1.94. The standard InChI is InChI=1S/C24H20ClN3O5.C5H9NO2/c1-3-20(23(30)27-17-8-5-14(6-9-17)24(31)32)28-13-21(33-2)19(11-22(28)29)18-10-16(25)7-4-15(18)12-26;7-5(8)4-2-1-3-6-4/h4-11,13,20H,3H2,1-2H3,(H,27,30)(H,31,32);4,6H,1-3H2,(H,7,8)/t;4-/m.1/s1. The lowest BCUT2D eigenvalue weighted by molar-refractivity contribution is -0.139. The van der Waals surface area contributed by atoms with E-state index in [-0.39, 0.29) is 11.6 Å². The number of nitriles is 1. The molecule has 12 heteroatoms. The van der Waals surface area contributed by atoms with Gasteiger partial charge in [-0.1, -0.05) is 18.5 Å². The van der Waals surface area contributed by atoms with E-state index in [1.807, 2.05) is 0 Å². The third-order valence-electron chi connectivity index (χ3n) is 6.44. The number of hydrogen-bond acceptors (Lipinski definition) is 7. The van der Waals surface area contributed by atoms with E-state index in [1.165, 1.54) is 48.2 Å². The van der Waals surface area contributed by atoms with Crippen LogP contribution in [0.4, 0.5) is 5.69 Å². The monoisotopic (exact) mass is 580 g/mol. The first kappa shape index (κ1) is 30.9. The van der Waals surface area contributed by atoms with Gasteiger partial charge in [-0.25, -0.2) is 4.79 Å². The number of ether oxygens (including phenoxy) is 1. The van der Waals surface area contributed by atoms with Gasteiger partial charge in [-0.3, -0.25) is 19.0 Å². The summed E-state index contributed by atoms with van der Waals surface area (Å²) in [6, 6.07) is 12.7. The van der Waals surface area contributed by atoms with Crippen molar-refractivity contribution in [1.82, 2.24) is 9.88 Å². The number of hydrogen-bond donors (Lipinski definition) is 4. The molecule has 0 bridgehead atoms. The molecule has 4 rings (SSSR count). The fourth-order valence-electron chi connectivity index (χ4n) is 4.31. The molecule has 1 aliphatic heterocycles. The minimum Gasteiger partial charge on any atom is -0.495 e. The molecule has 2 heterocycles. The molecule has 2 atom stereocenters. The summed E-state index contributed by atoms with van der Waals surface area (Å²) in [4.78, 5) is 47.1. The summed E-state index contributed by atoms with van der Waals surface area (Å²) < 4.78 is 6.73. The Bertz CT molecular complexity index is 1520. The second-order valence-corrected chi connectivity index (χ2v) is 9.52. The minimum atomic E-state index is -1.07. The average molecular weight is 581 g/mol. The van der Waals surface area contributed by atoms with Crippen molar-refractivity contribution >= 4 is 35.1 Å². The van der Waals surface area contributed by atoms with E-state index in [9.17, 15) is 24.4 Å². The number of carbonyl (C=O) groups excluding carboxylic acids is 1. The van der Waals surface area contributed by atoms with E-state index < -0.39 is 29.4 Å². The second-order valence-electron chi connectivity index (χ2n) is 9.09.